The average molecular weight is 403 g/mol. The zero-order valence-corrected chi connectivity index (χ0v) is 18.8. The van der Waals surface area contributed by atoms with Crippen molar-refractivity contribution in [3.05, 3.63) is 89.0 Å². The fraction of sp³-hybridized carbons (Fsp3) is 0.357. The molecule has 3 rings (SSSR count). The molecule has 1 aliphatic heterocycles. The summed E-state index contributed by atoms with van der Waals surface area (Å²) in [5.41, 5.74) is 4.82. The van der Waals surface area contributed by atoms with Gasteiger partial charge < -0.3 is 9.47 Å². The topological polar surface area (TPSA) is 18.5 Å². The molecule has 2 aromatic carbocycles. The van der Waals surface area contributed by atoms with Gasteiger partial charge >= 0.3 is 0 Å². The van der Waals surface area contributed by atoms with Crippen molar-refractivity contribution in [2.75, 3.05) is 0 Å². The quantitative estimate of drug-likeness (QED) is 0.397. The van der Waals surface area contributed by atoms with E-state index in [2.05, 4.69) is 70.2 Å². The SMILES string of the molecule is CC(C)=CCC/C(C)=C/CC[C@]1(C)C=Cc2cc(OCc3ccccc3)ccc2O1. The Labute approximate surface area is 181 Å². The number of hydrogen-bond donors (Lipinski definition) is 0. The maximum absolute atomic E-state index is 6.35. The largest absolute Gasteiger partial charge is 0.489 e. The standard InChI is InChI=1S/C28H34O2/c1-22(2)10-8-11-23(3)12-9-18-28(4)19-17-25-20-26(15-16-27(25)30-28)29-21-24-13-6-5-7-14-24/h5-7,10,12-17,19-20H,8-9,11,18,21H2,1-4H3/b23-12+/t28-/m1/s1. The molecule has 158 valence electrons. The summed E-state index contributed by atoms with van der Waals surface area (Å²) in [5.74, 6) is 1.79. The van der Waals surface area contributed by atoms with Crippen LogP contribution < -0.4 is 9.47 Å². The second-order valence-electron chi connectivity index (χ2n) is 8.63. The highest BCUT2D eigenvalue weighted by atomic mass is 16.5. The molecule has 30 heavy (non-hydrogen) atoms. The predicted molar refractivity (Wildman–Crippen MR) is 127 cm³/mol. The molecule has 0 spiro atoms. The van der Waals surface area contributed by atoms with Gasteiger partial charge in [-0.3, -0.25) is 0 Å². The lowest BCUT2D eigenvalue weighted by molar-refractivity contribution is 0.128. The first-order valence-electron chi connectivity index (χ1n) is 10.9. The third-order valence-corrected chi connectivity index (χ3v) is 5.41. The zero-order chi connectivity index (χ0) is 21.4. The Balaban J connectivity index is 1.53. The molecule has 0 amide bonds. The van der Waals surface area contributed by atoms with Crippen LogP contribution in [0.4, 0.5) is 0 Å². The van der Waals surface area contributed by atoms with Crippen molar-refractivity contribution in [2.45, 2.75) is 65.6 Å². The van der Waals surface area contributed by atoms with E-state index >= 15 is 0 Å². The van der Waals surface area contributed by atoms with Gasteiger partial charge in [0.05, 0.1) is 0 Å². The monoisotopic (exact) mass is 402 g/mol. The van der Waals surface area contributed by atoms with Crippen molar-refractivity contribution < 1.29 is 9.47 Å². The Hall–Kier alpha value is -2.74. The van der Waals surface area contributed by atoms with Crippen LogP contribution in [0, 0.1) is 0 Å². The molecule has 2 nitrogen and oxygen atoms in total. The summed E-state index contributed by atoms with van der Waals surface area (Å²) in [6.07, 6.45) is 13.3. The molecule has 0 saturated carbocycles. The van der Waals surface area contributed by atoms with Crippen LogP contribution in [0.3, 0.4) is 0 Å². The van der Waals surface area contributed by atoms with Crippen LogP contribution in [0.25, 0.3) is 6.08 Å². The lowest BCUT2D eigenvalue weighted by Gasteiger charge is -2.31. The third-order valence-electron chi connectivity index (χ3n) is 5.41. The van der Waals surface area contributed by atoms with Gasteiger partial charge in [0.2, 0.25) is 0 Å². The number of allylic oxidation sites excluding steroid dienone is 4. The van der Waals surface area contributed by atoms with Crippen LogP contribution >= 0.6 is 0 Å². The minimum absolute atomic E-state index is 0.268. The highest BCUT2D eigenvalue weighted by Gasteiger charge is 2.26. The summed E-state index contributed by atoms with van der Waals surface area (Å²) < 4.78 is 12.3. The number of ether oxygens (including phenoxy) is 2. The number of fused-ring (bicyclic) bond motifs is 1. The molecule has 0 radical (unpaired) electrons. The highest BCUT2D eigenvalue weighted by molar-refractivity contribution is 5.62. The van der Waals surface area contributed by atoms with Crippen LogP contribution in [0.2, 0.25) is 0 Å². The van der Waals surface area contributed by atoms with E-state index in [1.165, 1.54) is 16.7 Å². The molecular weight excluding hydrogens is 368 g/mol. The molecule has 2 aromatic rings. The van der Waals surface area contributed by atoms with E-state index in [0.717, 1.165) is 42.7 Å². The van der Waals surface area contributed by atoms with Gasteiger partial charge in [-0.15, -0.1) is 0 Å². The fourth-order valence-electron chi connectivity index (χ4n) is 3.56. The highest BCUT2D eigenvalue weighted by Crippen LogP contribution is 2.35. The molecule has 1 atom stereocenters. The van der Waals surface area contributed by atoms with E-state index in [4.69, 9.17) is 9.47 Å². The predicted octanol–water partition coefficient (Wildman–Crippen LogP) is 7.90. The lowest BCUT2D eigenvalue weighted by atomic mass is 9.94. The summed E-state index contributed by atoms with van der Waals surface area (Å²) >= 11 is 0. The van der Waals surface area contributed by atoms with Gasteiger partial charge in [0, 0.05) is 5.56 Å². The van der Waals surface area contributed by atoms with Crippen LogP contribution in [-0.4, -0.2) is 5.60 Å². The van der Waals surface area contributed by atoms with Crippen molar-refractivity contribution in [1.82, 2.24) is 0 Å². The first-order valence-corrected chi connectivity index (χ1v) is 10.9. The fourth-order valence-corrected chi connectivity index (χ4v) is 3.56. The third kappa shape index (κ3) is 6.66. The first kappa shape index (κ1) is 22.0. The van der Waals surface area contributed by atoms with Crippen molar-refractivity contribution in [3.63, 3.8) is 0 Å². The van der Waals surface area contributed by atoms with Crippen molar-refractivity contribution in [1.29, 1.82) is 0 Å². The molecule has 0 saturated heterocycles. The minimum Gasteiger partial charge on any atom is -0.489 e. The van der Waals surface area contributed by atoms with Crippen LogP contribution in [0.1, 0.15) is 64.5 Å². The first-order chi connectivity index (χ1) is 14.4. The zero-order valence-electron chi connectivity index (χ0n) is 18.8. The smallest absolute Gasteiger partial charge is 0.128 e. The molecule has 2 heteroatoms. The second kappa shape index (κ2) is 10.3. The molecule has 1 aliphatic rings. The van der Waals surface area contributed by atoms with E-state index in [9.17, 15) is 0 Å². The Morgan fingerprint density at radius 3 is 2.57 bits per heavy atom. The summed E-state index contributed by atoms with van der Waals surface area (Å²) in [6.45, 7) is 9.27. The van der Waals surface area contributed by atoms with Gasteiger partial charge in [-0.25, -0.2) is 0 Å². The summed E-state index contributed by atoms with van der Waals surface area (Å²) in [7, 11) is 0. The van der Waals surface area contributed by atoms with E-state index in [0.29, 0.717) is 6.61 Å². The maximum atomic E-state index is 6.35. The van der Waals surface area contributed by atoms with Crippen molar-refractivity contribution >= 4 is 6.08 Å². The van der Waals surface area contributed by atoms with Crippen LogP contribution in [0.15, 0.2) is 77.9 Å². The Morgan fingerprint density at radius 1 is 1.00 bits per heavy atom. The van der Waals surface area contributed by atoms with E-state index in [-0.39, 0.29) is 5.60 Å². The number of hydrogen-bond acceptors (Lipinski definition) is 2. The molecule has 1 heterocycles. The summed E-state index contributed by atoms with van der Waals surface area (Å²) in [6, 6.07) is 16.3. The van der Waals surface area contributed by atoms with Gasteiger partial charge in [0.25, 0.3) is 0 Å². The molecular formula is C28H34O2. The van der Waals surface area contributed by atoms with Gasteiger partial charge in [-0.2, -0.15) is 0 Å². The van der Waals surface area contributed by atoms with Crippen molar-refractivity contribution in [2.24, 2.45) is 0 Å². The molecule has 0 N–H and O–H groups in total. The normalized spacial score (nSPS) is 17.8. The van der Waals surface area contributed by atoms with Crippen molar-refractivity contribution in [3.8, 4) is 11.5 Å². The number of benzene rings is 2. The van der Waals surface area contributed by atoms with Crippen LogP contribution in [-0.2, 0) is 6.61 Å². The number of rotatable bonds is 9. The summed E-state index contributed by atoms with van der Waals surface area (Å²) in [5, 5.41) is 0. The summed E-state index contributed by atoms with van der Waals surface area (Å²) in [4.78, 5) is 0. The molecule has 0 fully saturated rings. The van der Waals surface area contributed by atoms with Gasteiger partial charge in [0.1, 0.15) is 23.7 Å². The van der Waals surface area contributed by atoms with Crippen LogP contribution in [0.5, 0.6) is 11.5 Å². The average Bonchev–Trinajstić information content (AvgIpc) is 2.72. The Morgan fingerprint density at radius 2 is 1.80 bits per heavy atom. The van der Waals surface area contributed by atoms with Gasteiger partial charge in [0.15, 0.2) is 0 Å². The molecule has 0 unspecified atom stereocenters. The Bertz CT molecular complexity index is 917. The van der Waals surface area contributed by atoms with E-state index in [1.54, 1.807) is 0 Å². The molecule has 0 aliphatic carbocycles. The Kier molecular flexibility index (Phi) is 7.57. The van der Waals surface area contributed by atoms with E-state index in [1.807, 2.05) is 30.3 Å². The van der Waals surface area contributed by atoms with Gasteiger partial charge in [-0.05, 0) is 83.2 Å². The molecule has 0 bridgehead atoms. The second-order valence-corrected chi connectivity index (χ2v) is 8.63. The maximum Gasteiger partial charge on any atom is 0.128 e. The lowest BCUT2D eigenvalue weighted by Crippen LogP contribution is -2.31. The minimum atomic E-state index is -0.268. The molecule has 0 aromatic heterocycles. The van der Waals surface area contributed by atoms with Gasteiger partial charge in [-0.1, -0.05) is 59.7 Å². The van der Waals surface area contributed by atoms with E-state index < -0.39 is 0 Å².